The SMILES string of the molecule is CN=C(NCc1ccc(C(=O)N2CCCCC2)cc1)NCC(C)Oc1ccc(F)cc1.I. The molecule has 1 aliphatic rings. The molecule has 6 nitrogen and oxygen atoms in total. The van der Waals surface area contributed by atoms with Crippen molar-refractivity contribution in [1.82, 2.24) is 15.5 Å². The number of amides is 1. The standard InChI is InChI=1S/C24H31FN4O2.HI/c1-18(31-22-12-10-21(25)11-13-22)16-27-24(26-2)28-17-19-6-8-20(9-7-19)23(30)29-14-4-3-5-15-29;/h6-13,18H,3-5,14-17H2,1-2H3,(H2,26,27,28);1H. The Bertz CT molecular complexity index is 869. The van der Waals surface area contributed by atoms with Gasteiger partial charge in [-0.25, -0.2) is 4.39 Å². The maximum absolute atomic E-state index is 13.0. The minimum absolute atomic E-state index is 0. The van der Waals surface area contributed by atoms with E-state index < -0.39 is 0 Å². The number of ether oxygens (including phenoxy) is 1. The molecule has 0 aromatic heterocycles. The summed E-state index contributed by atoms with van der Waals surface area (Å²) < 4.78 is 18.7. The van der Waals surface area contributed by atoms with Crippen molar-refractivity contribution in [2.75, 3.05) is 26.7 Å². The number of nitrogens with zero attached hydrogens (tertiary/aromatic N) is 2. The second-order valence-electron chi connectivity index (χ2n) is 7.74. The summed E-state index contributed by atoms with van der Waals surface area (Å²) in [5, 5.41) is 6.49. The average molecular weight is 554 g/mol. The van der Waals surface area contributed by atoms with E-state index in [-0.39, 0.29) is 41.8 Å². The molecule has 8 heteroatoms. The van der Waals surface area contributed by atoms with E-state index in [2.05, 4.69) is 15.6 Å². The van der Waals surface area contributed by atoms with Gasteiger partial charge in [-0.1, -0.05) is 12.1 Å². The number of carbonyl (C=O) groups is 1. The van der Waals surface area contributed by atoms with Crippen LogP contribution in [0.3, 0.4) is 0 Å². The van der Waals surface area contributed by atoms with Crippen LogP contribution in [0.25, 0.3) is 0 Å². The maximum atomic E-state index is 13.0. The second kappa shape index (κ2) is 13.2. The predicted octanol–water partition coefficient (Wildman–Crippen LogP) is 4.20. The number of nitrogens with one attached hydrogen (secondary N) is 2. The summed E-state index contributed by atoms with van der Waals surface area (Å²) in [6.45, 7) is 4.77. The highest BCUT2D eigenvalue weighted by atomic mass is 127. The van der Waals surface area contributed by atoms with Crippen molar-refractivity contribution in [2.45, 2.75) is 38.8 Å². The molecule has 1 amide bonds. The van der Waals surface area contributed by atoms with Crippen LogP contribution in [-0.4, -0.2) is 49.6 Å². The summed E-state index contributed by atoms with van der Waals surface area (Å²) in [4.78, 5) is 18.7. The van der Waals surface area contributed by atoms with Crippen LogP contribution in [0.4, 0.5) is 4.39 Å². The Morgan fingerprint density at radius 3 is 2.34 bits per heavy atom. The summed E-state index contributed by atoms with van der Waals surface area (Å²) in [5.74, 6) is 1.11. The van der Waals surface area contributed by atoms with Gasteiger partial charge in [0.15, 0.2) is 5.96 Å². The Labute approximate surface area is 206 Å². The van der Waals surface area contributed by atoms with Gasteiger partial charge in [-0.15, -0.1) is 24.0 Å². The van der Waals surface area contributed by atoms with Crippen molar-refractivity contribution in [3.63, 3.8) is 0 Å². The largest absolute Gasteiger partial charge is 0.489 e. The number of guanidine groups is 1. The highest BCUT2D eigenvalue weighted by Gasteiger charge is 2.17. The molecule has 0 aliphatic carbocycles. The number of benzene rings is 2. The molecule has 0 radical (unpaired) electrons. The minimum atomic E-state index is -0.286. The van der Waals surface area contributed by atoms with Gasteiger partial charge >= 0.3 is 0 Å². The molecule has 2 N–H and O–H groups in total. The third-order valence-corrected chi connectivity index (χ3v) is 5.24. The van der Waals surface area contributed by atoms with E-state index in [0.717, 1.165) is 37.1 Å². The predicted molar refractivity (Wildman–Crippen MR) is 136 cm³/mol. The van der Waals surface area contributed by atoms with Crippen LogP contribution < -0.4 is 15.4 Å². The highest BCUT2D eigenvalue weighted by molar-refractivity contribution is 14.0. The van der Waals surface area contributed by atoms with Gasteiger partial charge in [0, 0.05) is 32.2 Å². The lowest BCUT2D eigenvalue weighted by Crippen LogP contribution is -2.41. The third-order valence-electron chi connectivity index (χ3n) is 5.24. The smallest absolute Gasteiger partial charge is 0.253 e. The van der Waals surface area contributed by atoms with E-state index in [1.54, 1.807) is 19.2 Å². The number of halogens is 2. The van der Waals surface area contributed by atoms with Crippen molar-refractivity contribution >= 4 is 35.8 Å². The summed E-state index contributed by atoms with van der Waals surface area (Å²) in [7, 11) is 1.71. The molecule has 174 valence electrons. The first-order valence-corrected chi connectivity index (χ1v) is 10.8. The molecule has 1 heterocycles. The van der Waals surface area contributed by atoms with Crippen LogP contribution in [-0.2, 0) is 6.54 Å². The van der Waals surface area contributed by atoms with Crippen molar-refractivity contribution in [1.29, 1.82) is 0 Å². The van der Waals surface area contributed by atoms with Crippen molar-refractivity contribution in [3.8, 4) is 5.75 Å². The molecule has 2 aromatic carbocycles. The fourth-order valence-electron chi connectivity index (χ4n) is 3.48. The zero-order valence-electron chi connectivity index (χ0n) is 18.6. The Morgan fingerprint density at radius 1 is 1.06 bits per heavy atom. The van der Waals surface area contributed by atoms with E-state index >= 15 is 0 Å². The van der Waals surface area contributed by atoms with Gasteiger partial charge in [0.1, 0.15) is 17.7 Å². The van der Waals surface area contributed by atoms with E-state index in [0.29, 0.717) is 24.8 Å². The van der Waals surface area contributed by atoms with Gasteiger partial charge in [0.2, 0.25) is 0 Å². The van der Waals surface area contributed by atoms with E-state index in [1.165, 1.54) is 18.6 Å². The quantitative estimate of drug-likeness (QED) is 0.306. The number of hydrogen-bond acceptors (Lipinski definition) is 3. The van der Waals surface area contributed by atoms with Crippen LogP contribution >= 0.6 is 24.0 Å². The van der Waals surface area contributed by atoms with Crippen molar-refractivity contribution in [2.24, 2.45) is 4.99 Å². The molecule has 0 saturated carbocycles. The second-order valence-corrected chi connectivity index (χ2v) is 7.74. The van der Waals surface area contributed by atoms with E-state index in [4.69, 9.17) is 4.74 Å². The van der Waals surface area contributed by atoms with Crippen LogP contribution in [0.5, 0.6) is 5.75 Å². The first-order chi connectivity index (χ1) is 15.0. The van der Waals surface area contributed by atoms with E-state index in [1.807, 2.05) is 36.1 Å². The lowest BCUT2D eigenvalue weighted by molar-refractivity contribution is 0.0724. The molecule has 2 aromatic rings. The number of rotatable bonds is 7. The molecule has 1 atom stereocenters. The monoisotopic (exact) mass is 554 g/mol. The topological polar surface area (TPSA) is 66.0 Å². The zero-order valence-corrected chi connectivity index (χ0v) is 21.0. The lowest BCUT2D eigenvalue weighted by atomic mass is 10.1. The Morgan fingerprint density at radius 2 is 1.72 bits per heavy atom. The minimum Gasteiger partial charge on any atom is -0.489 e. The van der Waals surface area contributed by atoms with Crippen molar-refractivity contribution in [3.05, 3.63) is 65.5 Å². The summed E-state index contributed by atoms with van der Waals surface area (Å²) >= 11 is 0. The molecular weight excluding hydrogens is 522 g/mol. The van der Waals surface area contributed by atoms with Gasteiger partial charge < -0.3 is 20.3 Å². The van der Waals surface area contributed by atoms with Crippen molar-refractivity contribution < 1.29 is 13.9 Å². The number of likely N-dealkylation sites (tertiary alicyclic amines) is 1. The van der Waals surface area contributed by atoms with Gasteiger partial charge in [-0.2, -0.15) is 0 Å². The van der Waals surface area contributed by atoms with Crippen LogP contribution in [0.15, 0.2) is 53.5 Å². The molecule has 0 bridgehead atoms. The van der Waals surface area contributed by atoms with Gasteiger partial charge in [0.25, 0.3) is 5.91 Å². The number of hydrogen-bond donors (Lipinski definition) is 2. The Hall–Kier alpha value is -2.36. The molecule has 1 saturated heterocycles. The van der Waals surface area contributed by atoms with Crippen LogP contribution in [0.2, 0.25) is 0 Å². The Balaban J connectivity index is 0.00000363. The lowest BCUT2D eigenvalue weighted by Gasteiger charge is -2.26. The molecule has 3 rings (SSSR count). The highest BCUT2D eigenvalue weighted by Crippen LogP contribution is 2.14. The molecule has 1 unspecified atom stereocenters. The average Bonchev–Trinajstić information content (AvgIpc) is 2.81. The van der Waals surface area contributed by atoms with Crippen LogP contribution in [0, 0.1) is 5.82 Å². The number of carbonyl (C=O) groups excluding carboxylic acids is 1. The first kappa shape index (κ1) is 25.9. The normalized spacial score (nSPS) is 14.8. The van der Waals surface area contributed by atoms with Gasteiger partial charge in [-0.05, 0) is 68.1 Å². The first-order valence-electron chi connectivity index (χ1n) is 10.8. The third kappa shape index (κ3) is 7.96. The summed E-state index contributed by atoms with van der Waals surface area (Å²) in [5.41, 5.74) is 1.80. The van der Waals surface area contributed by atoms with Gasteiger partial charge in [-0.3, -0.25) is 9.79 Å². The molecule has 1 fully saturated rings. The number of piperidine rings is 1. The Kier molecular flexibility index (Phi) is 10.7. The summed E-state index contributed by atoms with van der Waals surface area (Å²) in [6.07, 6.45) is 3.27. The van der Waals surface area contributed by atoms with E-state index in [9.17, 15) is 9.18 Å². The fraction of sp³-hybridized carbons (Fsp3) is 0.417. The number of aliphatic imine (C=N–C) groups is 1. The molecule has 0 spiro atoms. The van der Waals surface area contributed by atoms with Crippen LogP contribution in [0.1, 0.15) is 42.1 Å². The molecule has 32 heavy (non-hydrogen) atoms. The molecular formula is C24H32FIN4O2. The molecule has 1 aliphatic heterocycles. The maximum Gasteiger partial charge on any atom is 0.253 e. The zero-order chi connectivity index (χ0) is 22.1. The van der Waals surface area contributed by atoms with Gasteiger partial charge in [0.05, 0.1) is 6.54 Å². The summed E-state index contributed by atoms with van der Waals surface area (Å²) in [6, 6.07) is 13.7. The fourth-order valence-corrected chi connectivity index (χ4v) is 3.48.